The number of aldehydes is 1. The van der Waals surface area contributed by atoms with Crippen LogP contribution in [0.15, 0.2) is 18.2 Å². The smallest absolute Gasteiger partial charge is 0.179 e. The van der Waals surface area contributed by atoms with Crippen LogP contribution in [0.3, 0.4) is 0 Å². The summed E-state index contributed by atoms with van der Waals surface area (Å²) < 4.78 is 10.4. The minimum absolute atomic E-state index is 0.318. The summed E-state index contributed by atoms with van der Waals surface area (Å²) in [5.41, 5.74) is 1.67. The van der Waals surface area contributed by atoms with Gasteiger partial charge in [0.05, 0.1) is 19.2 Å². The first-order chi connectivity index (χ1) is 9.58. The minimum Gasteiger partial charge on any atom is -0.493 e. The zero-order valence-electron chi connectivity index (χ0n) is 11.3. The van der Waals surface area contributed by atoms with Crippen molar-refractivity contribution < 1.29 is 14.3 Å². The van der Waals surface area contributed by atoms with E-state index >= 15 is 0 Å². The van der Waals surface area contributed by atoms with E-state index in [2.05, 4.69) is 9.97 Å². The number of hydrogen-bond donors (Lipinski definition) is 0. The van der Waals surface area contributed by atoms with Gasteiger partial charge in [0, 0.05) is 11.3 Å². The average molecular weight is 293 g/mol. The lowest BCUT2D eigenvalue weighted by atomic mass is 10.1. The van der Waals surface area contributed by atoms with E-state index in [-0.39, 0.29) is 0 Å². The number of hydrogen-bond acceptors (Lipinski definition) is 5. The van der Waals surface area contributed by atoms with Gasteiger partial charge in [0.25, 0.3) is 0 Å². The van der Waals surface area contributed by atoms with Gasteiger partial charge >= 0.3 is 0 Å². The van der Waals surface area contributed by atoms with Gasteiger partial charge in [0.15, 0.2) is 23.6 Å². The van der Waals surface area contributed by atoms with Gasteiger partial charge < -0.3 is 9.47 Å². The largest absolute Gasteiger partial charge is 0.493 e. The van der Waals surface area contributed by atoms with Crippen molar-refractivity contribution in [3.8, 4) is 22.9 Å². The highest BCUT2D eigenvalue weighted by atomic mass is 35.5. The maximum atomic E-state index is 10.9. The summed E-state index contributed by atoms with van der Waals surface area (Å²) in [5.74, 6) is 1.34. The van der Waals surface area contributed by atoms with Gasteiger partial charge in [-0.25, -0.2) is 9.97 Å². The Balaban J connectivity index is 2.61. The Kier molecular flexibility index (Phi) is 4.20. The van der Waals surface area contributed by atoms with Crippen LogP contribution >= 0.6 is 11.6 Å². The first kappa shape index (κ1) is 14.3. The second-order valence-corrected chi connectivity index (χ2v) is 4.48. The van der Waals surface area contributed by atoms with Gasteiger partial charge in [-0.2, -0.15) is 0 Å². The molecule has 0 bridgehead atoms. The molecule has 0 aliphatic rings. The van der Waals surface area contributed by atoms with Crippen molar-refractivity contribution in [3.05, 3.63) is 34.6 Å². The van der Waals surface area contributed by atoms with Crippen molar-refractivity contribution >= 4 is 17.9 Å². The third-order valence-corrected chi connectivity index (χ3v) is 2.97. The van der Waals surface area contributed by atoms with Crippen molar-refractivity contribution in [2.75, 3.05) is 14.2 Å². The maximum Gasteiger partial charge on any atom is 0.179 e. The molecule has 0 atom stereocenters. The van der Waals surface area contributed by atoms with Gasteiger partial charge in [-0.3, -0.25) is 4.79 Å². The molecule has 0 unspecified atom stereocenters. The quantitative estimate of drug-likeness (QED) is 0.811. The summed E-state index contributed by atoms with van der Waals surface area (Å²) in [6.45, 7) is 1.79. The predicted octanol–water partition coefficient (Wildman–Crippen LogP) is 2.94. The molecule has 1 aromatic carbocycles. The zero-order valence-corrected chi connectivity index (χ0v) is 12.1. The summed E-state index contributed by atoms with van der Waals surface area (Å²) in [6.07, 6.45) is 0.681. The fraction of sp³-hybridized carbons (Fsp3) is 0.214. The summed E-state index contributed by atoms with van der Waals surface area (Å²) in [6, 6.07) is 5.00. The Labute approximate surface area is 121 Å². The van der Waals surface area contributed by atoms with Crippen LogP contribution in [0.25, 0.3) is 11.4 Å². The van der Waals surface area contributed by atoms with Gasteiger partial charge in [-0.1, -0.05) is 11.6 Å². The monoisotopic (exact) mass is 292 g/mol. The number of nitrogens with zero attached hydrogens (tertiary/aromatic N) is 2. The normalized spacial score (nSPS) is 10.2. The SMILES string of the molecule is COc1cc(-c2nc(C)cc(C=O)n2)cc(Cl)c1OC. The number of aryl methyl sites for hydroxylation is 1. The van der Waals surface area contributed by atoms with E-state index in [4.69, 9.17) is 21.1 Å². The molecule has 0 saturated carbocycles. The zero-order chi connectivity index (χ0) is 14.7. The van der Waals surface area contributed by atoms with Crippen molar-refractivity contribution in [2.45, 2.75) is 6.92 Å². The highest BCUT2D eigenvalue weighted by Gasteiger charge is 2.14. The van der Waals surface area contributed by atoms with E-state index in [1.54, 1.807) is 25.1 Å². The Morgan fingerprint density at radius 2 is 1.90 bits per heavy atom. The maximum absolute atomic E-state index is 10.9. The predicted molar refractivity (Wildman–Crippen MR) is 75.7 cm³/mol. The van der Waals surface area contributed by atoms with Crippen molar-refractivity contribution in [1.82, 2.24) is 9.97 Å². The minimum atomic E-state index is 0.318. The number of benzene rings is 1. The summed E-state index contributed by atoms with van der Waals surface area (Å²) in [5, 5.41) is 0.389. The topological polar surface area (TPSA) is 61.3 Å². The van der Waals surface area contributed by atoms with Gasteiger partial charge in [0.2, 0.25) is 0 Å². The number of carbonyl (C=O) groups is 1. The Hall–Kier alpha value is -2.14. The standard InChI is InChI=1S/C14H13ClN2O3/c1-8-4-10(7-18)17-14(16-8)9-5-11(15)13(20-3)12(6-9)19-2/h4-7H,1-3H3. The van der Waals surface area contributed by atoms with Crippen LogP contribution in [-0.2, 0) is 0 Å². The molecule has 104 valence electrons. The van der Waals surface area contributed by atoms with Crippen molar-refractivity contribution in [1.29, 1.82) is 0 Å². The lowest BCUT2D eigenvalue weighted by molar-refractivity contribution is 0.111. The number of ether oxygens (including phenoxy) is 2. The van der Waals surface area contributed by atoms with Crippen molar-refractivity contribution in [2.24, 2.45) is 0 Å². The Morgan fingerprint density at radius 1 is 1.15 bits per heavy atom. The third kappa shape index (κ3) is 2.72. The van der Waals surface area contributed by atoms with Crippen LogP contribution in [0.4, 0.5) is 0 Å². The number of halogens is 1. The van der Waals surface area contributed by atoms with Crippen molar-refractivity contribution in [3.63, 3.8) is 0 Å². The molecule has 2 aromatic rings. The van der Waals surface area contributed by atoms with Crippen LogP contribution in [0.1, 0.15) is 16.2 Å². The second kappa shape index (κ2) is 5.88. The van der Waals surface area contributed by atoms with Gasteiger partial charge in [-0.05, 0) is 25.1 Å². The molecular weight excluding hydrogens is 280 g/mol. The average Bonchev–Trinajstić information content (AvgIpc) is 2.45. The molecule has 5 nitrogen and oxygen atoms in total. The van der Waals surface area contributed by atoms with Crippen LogP contribution in [-0.4, -0.2) is 30.5 Å². The first-order valence-corrected chi connectivity index (χ1v) is 6.19. The molecule has 0 amide bonds. The fourth-order valence-electron chi connectivity index (χ4n) is 1.83. The second-order valence-electron chi connectivity index (χ2n) is 4.07. The lowest BCUT2D eigenvalue weighted by Gasteiger charge is -2.11. The van der Waals surface area contributed by atoms with Crippen LogP contribution < -0.4 is 9.47 Å². The summed E-state index contributed by atoms with van der Waals surface area (Å²) in [7, 11) is 3.03. The molecule has 1 aromatic heterocycles. The highest BCUT2D eigenvalue weighted by Crippen LogP contribution is 2.38. The van der Waals surface area contributed by atoms with E-state index in [0.29, 0.717) is 45.6 Å². The number of aromatic nitrogens is 2. The molecule has 1 heterocycles. The number of methoxy groups -OCH3 is 2. The van der Waals surface area contributed by atoms with E-state index in [9.17, 15) is 4.79 Å². The van der Waals surface area contributed by atoms with E-state index < -0.39 is 0 Å². The summed E-state index contributed by atoms with van der Waals surface area (Å²) in [4.78, 5) is 19.3. The third-order valence-electron chi connectivity index (χ3n) is 2.69. The van der Waals surface area contributed by atoms with E-state index in [1.807, 2.05) is 0 Å². The summed E-state index contributed by atoms with van der Waals surface area (Å²) >= 11 is 6.15. The van der Waals surface area contributed by atoms with Crippen LogP contribution in [0, 0.1) is 6.92 Å². The molecule has 20 heavy (non-hydrogen) atoms. The molecule has 0 radical (unpaired) electrons. The number of carbonyl (C=O) groups excluding carboxylic acids is 1. The molecule has 2 rings (SSSR count). The Morgan fingerprint density at radius 3 is 2.50 bits per heavy atom. The van der Waals surface area contributed by atoms with E-state index in [1.165, 1.54) is 14.2 Å². The lowest BCUT2D eigenvalue weighted by Crippen LogP contribution is -1.98. The molecule has 0 fully saturated rings. The molecule has 0 aliphatic heterocycles. The van der Waals surface area contributed by atoms with E-state index in [0.717, 1.165) is 0 Å². The number of rotatable bonds is 4. The fourth-order valence-corrected chi connectivity index (χ4v) is 2.12. The van der Waals surface area contributed by atoms with Gasteiger partial charge in [0.1, 0.15) is 5.69 Å². The molecular formula is C14H13ClN2O3. The van der Waals surface area contributed by atoms with Crippen LogP contribution in [0.2, 0.25) is 5.02 Å². The van der Waals surface area contributed by atoms with Crippen LogP contribution in [0.5, 0.6) is 11.5 Å². The Bertz CT molecular complexity index is 659. The highest BCUT2D eigenvalue weighted by molar-refractivity contribution is 6.32. The molecule has 0 N–H and O–H groups in total. The molecule has 0 saturated heterocycles. The van der Waals surface area contributed by atoms with Gasteiger partial charge in [-0.15, -0.1) is 0 Å². The molecule has 6 heteroatoms. The first-order valence-electron chi connectivity index (χ1n) is 5.81. The molecule has 0 aliphatic carbocycles. The molecule has 0 spiro atoms.